The van der Waals surface area contributed by atoms with Crippen LogP contribution in [0.2, 0.25) is 0 Å². The number of fused-ring (bicyclic) bond motifs is 1. The van der Waals surface area contributed by atoms with Crippen molar-refractivity contribution in [2.75, 3.05) is 33.1 Å². The van der Waals surface area contributed by atoms with Crippen molar-refractivity contribution in [1.29, 1.82) is 0 Å². The van der Waals surface area contributed by atoms with E-state index >= 15 is 0 Å². The highest BCUT2D eigenvalue weighted by Gasteiger charge is 2.31. The van der Waals surface area contributed by atoms with Gasteiger partial charge in [-0.1, -0.05) is 18.2 Å². The predicted octanol–water partition coefficient (Wildman–Crippen LogP) is 5.77. The molecule has 2 amide bonds. The lowest BCUT2D eigenvalue weighted by Crippen LogP contribution is -2.42. The molecular formula is C38H44N4O9S. The second-order valence-electron chi connectivity index (χ2n) is 14.4. The molecule has 0 bridgehead atoms. The van der Waals surface area contributed by atoms with Crippen LogP contribution in [-0.4, -0.2) is 73.9 Å². The van der Waals surface area contributed by atoms with E-state index in [0.717, 1.165) is 30.4 Å². The van der Waals surface area contributed by atoms with Crippen LogP contribution in [0.25, 0.3) is 22.3 Å². The fourth-order valence-corrected chi connectivity index (χ4v) is 6.61. The molecule has 3 heterocycles. The number of ether oxygens (including phenoxy) is 4. The van der Waals surface area contributed by atoms with Crippen molar-refractivity contribution in [2.45, 2.75) is 64.6 Å². The molecule has 1 aliphatic carbocycles. The minimum atomic E-state index is -3.95. The number of amides is 2. The molecule has 1 atom stereocenters. The van der Waals surface area contributed by atoms with Crippen LogP contribution in [0, 0.1) is 5.92 Å². The van der Waals surface area contributed by atoms with Gasteiger partial charge in [-0.25, -0.2) is 22.9 Å². The summed E-state index contributed by atoms with van der Waals surface area (Å²) in [6.07, 6.45) is 3.93. The zero-order chi connectivity index (χ0) is 37.2. The molecule has 2 fully saturated rings. The number of hydrogen-bond donors (Lipinski definition) is 2. The number of nitrogens with one attached hydrogen (secondary N) is 2. The molecule has 1 saturated heterocycles. The van der Waals surface area contributed by atoms with E-state index in [1.807, 2.05) is 74.0 Å². The van der Waals surface area contributed by atoms with Gasteiger partial charge >= 0.3 is 6.09 Å². The number of aromatic nitrogens is 2. The van der Waals surface area contributed by atoms with Gasteiger partial charge in [0.2, 0.25) is 10.0 Å². The maximum Gasteiger partial charge on any atom is 0.410 e. The first-order chi connectivity index (χ1) is 24.7. The van der Waals surface area contributed by atoms with E-state index in [2.05, 4.69) is 4.98 Å². The van der Waals surface area contributed by atoms with Crippen molar-refractivity contribution >= 4 is 33.1 Å². The van der Waals surface area contributed by atoms with Crippen molar-refractivity contribution in [3.05, 3.63) is 81.6 Å². The number of carbonyl (C=O) groups excluding carboxylic acids is 2. The lowest BCUT2D eigenvalue weighted by molar-refractivity contribution is 0.0198. The molecule has 0 radical (unpaired) electrons. The Morgan fingerprint density at radius 3 is 2.38 bits per heavy atom. The highest BCUT2D eigenvalue weighted by atomic mass is 32.2. The summed E-state index contributed by atoms with van der Waals surface area (Å²) >= 11 is 0. The first kappa shape index (κ1) is 36.7. The van der Waals surface area contributed by atoms with Gasteiger partial charge in [0.1, 0.15) is 40.7 Å². The van der Waals surface area contributed by atoms with Gasteiger partial charge in [0.15, 0.2) is 0 Å². The van der Waals surface area contributed by atoms with Crippen molar-refractivity contribution < 1.29 is 37.0 Å². The number of pyridine rings is 2. The van der Waals surface area contributed by atoms with Crippen molar-refractivity contribution in [2.24, 2.45) is 5.92 Å². The number of rotatable bonds is 11. The van der Waals surface area contributed by atoms with Gasteiger partial charge in [-0.05, 0) is 99.9 Å². The molecule has 0 spiro atoms. The Hall–Kier alpha value is -5.11. The Morgan fingerprint density at radius 1 is 1.02 bits per heavy atom. The zero-order valence-corrected chi connectivity index (χ0v) is 30.8. The largest absolute Gasteiger partial charge is 0.497 e. The third-order valence-corrected chi connectivity index (χ3v) is 9.42. The highest BCUT2D eigenvalue weighted by Crippen LogP contribution is 2.42. The van der Waals surface area contributed by atoms with E-state index in [4.69, 9.17) is 23.9 Å². The van der Waals surface area contributed by atoms with Gasteiger partial charge in [0.05, 0.1) is 31.2 Å². The van der Waals surface area contributed by atoms with E-state index in [-0.39, 0.29) is 23.7 Å². The van der Waals surface area contributed by atoms with Crippen LogP contribution >= 0.6 is 0 Å². The predicted molar refractivity (Wildman–Crippen MR) is 195 cm³/mol. The molecule has 52 heavy (non-hydrogen) atoms. The smallest absolute Gasteiger partial charge is 0.410 e. The third-order valence-electron chi connectivity index (χ3n) is 8.86. The van der Waals surface area contributed by atoms with Gasteiger partial charge in [0.25, 0.3) is 11.5 Å². The zero-order valence-electron chi connectivity index (χ0n) is 30.0. The summed E-state index contributed by atoms with van der Waals surface area (Å²) in [5.41, 5.74) is 0.960. The lowest BCUT2D eigenvalue weighted by atomic mass is 9.87. The molecular weight excluding hydrogens is 689 g/mol. The molecule has 2 aromatic carbocycles. The van der Waals surface area contributed by atoms with Gasteiger partial charge in [0, 0.05) is 24.4 Å². The molecule has 2 aliphatic rings. The number of H-pyrrole nitrogens is 1. The highest BCUT2D eigenvalue weighted by molar-refractivity contribution is 7.89. The first-order valence-corrected chi connectivity index (χ1v) is 19.2. The van der Waals surface area contributed by atoms with Crippen LogP contribution in [0.1, 0.15) is 73.9 Å². The molecule has 14 heteroatoms. The van der Waals surface area contributed by atoms with E-state index in [0.29, 0.717) is 72.2 Å². The molecule has 1 aliphatic heterocycles. The van der Waals surface area contributed by atoms with Crippen molar-refractivity contribution in [1.82, 2.24) is 19.6 Å². The molecule has 2 N–H and O–H groups in total. The summed E-state index contributed by atoms with van der Waals surface area (Å²) in [5.74, 6) is 0.936. The SMILES string of the molecule is COc1ccc(COc2cccc(OCC3CC3)c2-c2cc(C3CCCN(C(=O)OC(C)(C)C)C3)c3cc(C(=O)NS(C)(=O)=O)c(=O)[nH]c3n2)cc1. The van der Waals surface area contributed by atoms with E-state index < -0.39 is 33.2 Å². The summed E-state index contributed by atoms with van der Waals surface area (Å²) in [7, 11) is -2.35. The quantitative estimate of drug-likeness (QED) is 0.193. The monoisotopic (exact) mass is 732 g/mol. The Bertz CT molecular complexity index is 2140. The number of piperidine rings is 1. The number of nitrogens with zero attached hydrogens (tertiary/aromatic N) is 2. The molecule has 2 aromatic heterocycles. The normalized spacial score (nSPS) is 16.3. The third kappa shape index (κ3) is 9.02. The minimum Gasteiger partial charge on any atom is -0.497 e. The number of aromatic amines is 1. The average Bonchev–Trinajstić information content (AvgIpc) is 3.92. The Balaban J connectivity index is 1.48. The summed E-state index contributed by atoms with van der Waals surface area (Å²) in [6.45, 7) is 7.01. The number of benzene rings is 2. The van der Waals surface area contributed by atoms with E-state index in [1.165, 1.54) is 6.07 Å². The van der Waals surface area contributed by atoms with Crippen LogP contribution in [0.3, 0.4) is 0 Å². The fourth-order valence-electron chi connectivity index (χ4n) is 6.17. The molecule has 6 rings (SSSR count). The average molecular weight is 733 g/mol. The fraction of sp³-hybridized carbons (Fsp3) is 0.421. The molecule has 1 unspecified atom stereocenters. The van der Waals surface area contributed by atoms with E-state index in [1.54, 1.807) is 12.0 Å². The van der Waals surface area contributed by atoms with Crippen LogP contribution in [0.5, 0.6) is 17.2 Å². The van der Waals surface area contributed by atoms with Crippen LogP contribution in [0.15, 0.2) is 59.4 Å². The van der Waals surface area contributed by atoms with E-state index in [9.17, 15) is 22.8 Å². The maximum absolute atomic E-state index is 13.3. The Labute approximate surface area is 302 Å². The van der Waals surface area contributed by atoms with Gasteiger partial charge in [-0.3, -0.25) is 9.59 Å². The van der Waals surface area contributed by atoms with Crippen LogP contribution in [-0.2, 0) is 21.4 Å². The molecule has 1 saturated carbocycles. The Kier molecular flexibility index (Phi) is 10.5. The van der Waals surface area contributed by atoms with Gasteiger partial charge < -0.3 is 28.8 Å². The van der Waals surface area contributed by atoms with Crippen molar-refractivity contribution in [3.63, 3.8) is 0 Å². The molecule has 4 aromatic rings. The van der Waals surface area contributed by atoms with Crippen molar-refractivity contribution in [3.8, 4) is 28.5 Å². The number of hydrogen-bond acceptors (Lipinski definition) is 10. The molecule has 13 nitrogen and oxygen atoms in total. The summed E-state index contributed by atoms with van der Waals surface area (Å²) < 4.78 is 49.5. The van der Waals surface area contributed by atoms with Crippen LogP contribution in [0.4, 0.5) is 4.79 Å². The number of carbonyl (C=O) groups is 2. The van der Waals surface area contributed by atoms with Gasteiger partial charge in [-0.15, -0.1) is 0 Å². The second kappa shape index (κ2) is 14.9. The van der Waals surface area contributed by atoms with Crippen LogP contribution < -0.4 is 24.5 Å². The summed E-state index contributed by atoms with van der Waals surface area (Å²) in [6, 6.07) is 16.3. The number of likely N-dealkylation sites (tertiary alicyclic amines) is 1. The summed E-state index contributed by atoms with van der Waals surface area (Å²) in [5, 5.41) is 0.440. The lowest BCUT2D eigenvalue weighted by Gasteiger charge is -2.34. The minimum absolute atomic E-state index is 0.181. The van der Waals surface area contributed by atoms with Gasteiger partial charge in [-0.2, -0.15) is 0 Å². The molecule has 276 valence electrons. The topological polar surface area (TPSA) is 166 Å². The second-order valence-corrected chi connectivity index (χ2v) is 16.1. The Morgan fingerprint density at radius 2 is 1.73 bits per heavy atom. The first-order valence-electron chi connectivity index (χ1n) is 17.3. The number of methoxy groups -OCH3 is 1. The maximum atomic E-state index is 13.3. The standard InChI is InChI=1S/C38H44N4O9S/c1-38(2,3)51-37(45)42-17-7-8-25(20-42)27-19-30(39-34-28(27)18-29(35(43)40-34)36(44)41-52(5,46)47)33-31(49-21-23-11-12-23)9-6-10-32(33)50-22-24-13-15-26(48-4)16-14-24/h6,9-10,13-16,18-19,23,25H,7-8,11-12,17,20-22H2,1-5H3,(H,41,44)(H,39,40,43). The number of sulfonamides is 1. The summed E-state index contributed by atoms with van der Waals surface area (Å²) in [4.78, 5) is 48.8.